The molecule has 30 heavy (non-hydrogen) atoms. The maximum atomic E-state index is 12.9. The van der Waals surface area contributed by atoms with Crippen LogP contribution in [0.15, 0.2) is 83.4 Å². The maximum absolute atomic E-state index is 12.9. The SMILES string of the molecule is O=C1C(=O)N(CCCn2ccnc2)[C@@H](c2ccccc2)C1=C(O)c1ccc(Br)cc1. The van der Waals surface area contributed by atoms with E-state index in [9.17, 15) is 14.7 Å². The van der Waals surface area contributed by atoms with Gasteiger partial charge in [-0.05, 0) is 24.1 Å². The fourth-order valence-corrected chi connectivity index (χ4v) is 3.96. The standard InChI is InChI=1S/C23H20BrN3O3/c24-18-9-7-17(8-10-18)21(28)19-20(16-5-2-1-3-6-16)27(23(30)22(19)29)13-4-12-26-14-11-25-15-26/h1-3,5-11,14-15,20,28H,4,12-13H2/t20-/m0/s1. The number of aliphatic hydroxyl groups excluding tert-OH is 1. The molecule has 4 rings (SSSR count). The Hall–Kier alpha value is -3.19. The zero-order valence-electron chi connectivity index (χ0n) is 16.1. The minimum absolute atomic E-state index is 0.121. The van der Waals surface area contributed by atoms with Crippen LogP contribution < -0.4 is 0 Å². The van der Waals surface area contributed by atoms with Crippen LogP contribution >= 0.6 is 15.9 Å². The second kappa shape index (κ2) is 8.67. The first-order valence-electron chi connectivity index (χ1n) is 9.61. The average Bonchev–Trinajstić information content (AvgIpc) is 3.37. The van der Waals surface area contributed by atoms with Gasteiger partial charge in [0.05, 0.1) is 17.9 Å². The van der Waals surface area contributed by atoms with Gasteiger partial charge in [-0.15, -0.1) is 0 Å². The lowest BCUT2D eigenvalue weighted by atomic mass is 9.95. The van der Waals surface area contributed by atoms with Gasteiger partial charge < -0.3 is 14.6 Å². The first kappa shape index (κ1) is 20.1. The third-order valence-corrected chi connectivity index (χ3v) is 5.68. The van der Waals surface area contributed by atoms with Crippen LogP contribution in [0.5, 0.6) is 0 Å². The minimum atomic E-state index is -0.660. The van der Waals surface area contributed by atoms with E-state index in [4.69, 9.17) is 0 Å². The Bertz CT molecular complexity index is 1080. The lowest BCUT2D eigenvalue weighted by Gasteiger charge is -2.25. The average molecular weight is 466 g/mol. The number of halogens is 1. The summed E-state index contributed by atoms with van der Waals surface area (Å²) in [6.45, 7) is 1.07. The monoisotopic (exact) mass is 465 g/mol. The number of likely N-dealkylation sites (tertiary alicyclic amines) is 1. The van der Waals surface area contributed by atoms with E-state index in [1.807, 2.05) is 41.1 Å². The largest absolute Gasteiger partial charge is 0.507 e. The molecule has 2 aromatic carbocycles. The van der Waals surface area contributed by atoms with Crippen LogP contribution in [-0.2, 0) is 16.1 Å². The molecule has 6 nitrogen and oxygen atoms in total. The van der Waals surface area contributed by atoms with E-state index < -0.39 is 17.7 Å². The Balaban J connectivity index is 1.71. The highest BCUT2D eigenvalue weighted by Gasteiger charge is 2.45. The molecule has 152 valence electrons. The van der Waals surface area contributed by atoms with Crippen molar-refractivity contribution in [3.63, 3.8) is 0 Å². The first-order chi connectivity index (χ1) is 14.6. The van der Waals surface area contributed by atoms with Gasteiger partial charge in [-0.1, -0.05) is 58.4 Å². The number of hydrogen-bond acceptors (Lipinski definition) is 4. The molecule has 1 N–H and O–H groups in total. The number of imidazole rings is 1. The Kier molecular flexibility index (Phi) is 5.81. The molecular formula is C23H20BrN3O3. The summed E-state index contributed by atoms with van der Waals surface area (Å²) in [7, 11) is 0. The highest BCUT2D eigenvalue weighted by atomic mass is 79.9. The van der Waals surface area contributed by atoms with Crippen molar-refractivity contribution >= 4 is 33.4 Å². The van der Waals surface area contributed by atoms with Gasteiger partial charge in [-0.2, -0.15) is 0 Å². The van der Waals surface area contributed by atoms with Crippen molar-refractivity contribution in [2.75, 3.05) is 6.54 Å². The third-order valence-electron chi connectivity index (χ3n) is 5.15. The summed E-state index contributed by atoms with van der Waals surface area (Å²) < 4.78 is 2.79. The van der Waals surface area contributed by atoms with Crippen LogP contribution in [0.4, 0.5) is 0 Å². The van der Waals surface area contributed by atoms with E-state index in [0.29, 0.717) is 25.1 Å². The van der Waals surface area contributed by atoms with Gasteiger partial charge in [-0.3, -0.25) is 9.59 Å². The number of rotatable bonds is 6. The topological polar surface area (TPSA) is 75.4 Å². The van der Waals surface area contributed by atoms with Crippen molar-refractivity contribution < 1.29 is 14.7 Å². The molecule has 2 heterocycles. The number of aryl methyl sites for hydroxylation is 1. The Morgan fingerprint density at radius 1 is 1.03 bits per heavy atom. The predicted molar refractivity (Wildman–Crippen MR) is 116 cm³/mol. The molecular weight excluding hydrogens is 446 g/mol. The fourth-order valence-electron chi connectivity index (χ4n) is 3.70. The van der Waals surface area contributed by atoms with E-state index in [1.54, 1.807) is 41.7 Å². The number of ketones is 1. The van der Waals surface area contributed by atoms with Gasteiger partial charge in [0.2, 0.25) is 0 Å². The highest BCUT2D eigenvalue weighted by molar-refractivity contribution is 9.10. The molecule has 3 aromatic rings. The van der Waals surface area contributed by atoms with Crippen molar-refractivity contribution in [3.05, 3.63) is 94.5 Å². The summed E-state index contributed by atoms with van der Waals surface area (Å²) in [6.07, 6.45) is 5.94. The second-order valence-corrected chi connectivity index (χ2v) is 7.98. The molecule has 1 aliphatic heterocycles. The number of aliphatic hydroxyl groups is 1. The van der Waals surface area contributed by atoms with Crippen molar-refractivity contribution in [2.24, 2.45) is 0 Å². The summed E-state index contributed by atoms with van der Waals surface area (Å²) in [6, 6.07) is 15.7. The van der Waals surface area contributed by atoms with E-state index >= 15 is 0 Å². The van der Waals surface area contributed by atoms with Crippen LogP contribution in [0.1, 0.15) is 23.6 Å². The van der Waals surface area contributed by atoms with Crippen LogP contribution in [0.2, 0.25) is 0 Å². The van der Waals surface area contributed by atoms with Crippen LogP contribution in [0.25, 0.3) is 5.76 Å². The molecule has 1 aromatic heterocycles. The number of nitrogens with zero attached hydrogens (tertiary/aromatic N) is 3. The number of Topliss-reactive ketones (excluding diaryl/α,β-unsaturated/α-hetero) is 1. The minimum Gasteiger partial charge on any atom is -0.507 e. The summed E-state index contributed by atoms with van der Waals surface area (Å²) in [4.78, 5) is 31.4. The number of hydrogen-bond donors (Lipinski definition) is 1. The molecule has 1 amide bonds. The summed E-state index contributed by atoms with van der Waals surface area (Å²) in [5.74, 6) is -1.41. The smallest absolute Gasteiger partial charge is 0.295 e. The summed E-state index contributed by atoms with van der Waals surface area (Å²) in [5, 5.41) is 11.0. The van der Waals surface area contributed by atoms with Crippen LogP contribution in [0, 0.1) is 0 Å². The lowest BCUT2D eigenvalue weighted by molar-refractivity contribution is -0.139. The molecule has 7 heteroatoms. The molecule has 0 saturated carbocycles. The van der Waals surface area contributed by atoms with Gasteiger partial charge in [-0.25, -0.2) is 4.98 Å². The molecule has 1 atom stereocenters. The Labute approximate surface area is 182 Å². The zero-order chi connectivity index (χ0) is 21.1. The molecule has 1 aliphatic rings. The zero-order valence-corrected chi connectivity index (χ0v) is 17.7. The summed E-state index contributed by atoms with van der Waals surface area (Å²) in [5.41, 5.74) is 1.41. The lowest BCUT2D eigenvalue weighted by Crippen LogP contribution is -2.31. The van der Waals surface area contributed by atoms with E-state index in [0.717, 1.165) is 10.0 Å². The van der Waals surface area contributed by atoms with Crippen molar-refractivity contribution in [1.82, 2.24) is 14.5 Å². The van der Waals surface area contributed by atoms with Crippen LogP contribution in [0.3, 0.4) is 0 Å². The molecule has 0 spiro atoms. The molecule has 0 aliphatic carbocycles. The molecule has 0 radical (unpaired) electrons. The number of aromatic nitrogens is 2. The Morgan fingerprint density at radius 3 is 2.43 bits per heavy atom. The van der Waals surface area contributed by atoms with Crippen LogP contribution in [-0.4, -0.2) is 37.8 Å². The Morgan fingerprint density at radius 2 is 1.77 bits per heavy atom. The van der Waals surface area contributed by atoms with Crippen molar-refractivity contribution in [1.29, 1.82) is 0 Å². The molecule has 0 bridgehead atoms. The number of carbonyl (C=O) groups excluding carboxylic acids is 2. The van der Waals surface area contributed by atoms with Gasteiger partial charge in [0, 0.05) is 35.5 Å². The first-order valence-corrected chi connectivity index (χ1v) is 10.4. The number of amides is 1. The van der Waals surface area contributed by atoms with Crippen molar-refractivity contribution in [3.8, 4) is 0 Å². The quantitative estimate of drug-likeness (QED) is 0.337. The second-order valence-electron chi connectivity index (χ2n) is 7.06. The van der Waals surface area contributed by atoms with E-state index in [2.05, 4.69) is 20.9 Å². The predicted octanol–water partition coefficient (Wildman–Crippen LogP) is 4.16. The highest BCUT2D eigenvalue weighted by Crippen LogP contribution is 2.39. The van der Waals surface area contributed by atoms with Crippen molar-refractivity contribution in [2.45, 2.75) is 19.0 Å². The number of benzene rings is 2. The normalized spacial score (nSPS) is 18.2. The fraction of sp³-hybridized carbons (Fsp3) is 0.174. The number of carbonyl (C=O) groups is 2. The van der Waals surface area contributed by atoms with Gasteiger partial charge in [0.1, 0.15) is 5.76 Å². The van der Waals surface area contributed by atoms with Gasteiger partial charge in [0.25, 0.3) is 11.7 Å². The molecule has 1 fully saturated rings. The summed E-state index contributed by atoms with van der Waals surface area (Å²) >= 11 is 3.37. The van der Waals surface area contributed by atoms with Gasteiger partial charge in [0.15, 0.2) is 0 Å². The van der Waals surface area contributed by atoms with E-state index in [-0.39, 0.29) is 11.3 Å². The molecule has 1 saturated heterocycles. The van der Waals surface area contributed by atoms with Gasteiger partial charge >= 0.3 is 0 Å². The third kappa shape index (κ3) is 3.93. The maximum Gasteiger partial charge on any atom is 0.295 e. The molecule has 0 unspecified atom stereocenters. The van der Waals surface area contributed by atoms with E-state index in [1.165, 1.54) is 0 Å².